The molecule has 0 unspecified atom stereocenters. The van der Waals surface area contributed by atoms with E-state index in [1.54, 1.807) is 0 Å². The second-order valence-corrected chi connectivity index (χ2v) is 2.32. The van der Waals surface area contributed by atoms with Gasteiger partial charge in [-0.1, -0.05) is 0 Å². The highest BCUT2D eigenvalue weighted by Crippen LogP contribution is 1.96. The zero-order valence-electron chi connectivity index (χ0n) is 6.37. The minimum atomic E-state index is -0.660. The molecule has 68 valence electrons. The summed E-state index contributed by atoms with van der Waals surface area (Å²) in [6, 6.07) is 0. The van der Waals surface area contributed by atoms with E-state index in [4.69, 9.17) is 5.84 Å². The Balaban J connectivity index is 3.06. The van der Waals surface area contributed by atoms with E-state index in [-0.39, 0.29) is 11.2 Å². The zero-order chi connectivity index (χ0) is 9.42. The van der Waals surface area contributed by atoms with Gasteiger partial charge in [-0.25, -0.2) is 15.6 Å². The number of nitrogens with one attached hydrogen (secondary N) is 3. The molecule has 2 aromatic rings. The van der Waals surface area contributed by atoms with Crippen LogP contribution in [0.15, 0.2) is 15.9 Å². The van der Waals surface area contributed by atoms with Crippen molar-refractivity contribution in [3.8, 4) is 0 Å². The summed E-state index contributed by atoms with van der Waals surface area (Å²) in [5.41, 5.74) is 1.27. The summed E-state index contributed by atoms with van der Waals surface area (Å²) in [5, 5.41) is 0. The Bertz CT molecular complexity index is 548. The van der Waals surface area contributed by atoms with Gasteiger partial charge in [0.25, 0.3) is 5.56 Å². The molecule has 0 amide bonds. The first-order chi connectivity index (χ1) is 6.24. The lowest BCUT2D eigenvalue weighted by atomic mass is 10.5. The highest BCUT2D eigenvalue weighted by atomic mass is 16.2. The van der Waals surface area contributed by atoms with Gasteiger partial charge in [-0.3, -0.25) is 15.3 Å². The number of hydrazine groups is 1. The summed E-state index contributed by atoms with van der Waals surface area (Å²) in [4.78, 5) is 30.6. The first kappa shape index (κ1) is 7.55. The summed E-state index contributed by atoms with van der Waals surface area (Å²) in [5.74, 6) is 5.06. The Morgan fingerprint density at radius 2 is 2.31 bits per heavy atom. The molecule has 5 N–H and O–H groups in total. The molecule has 2 heterocycles. The van der Waals surface area contributed by atoms with Crippen LogP contribution in [0.1, 0.15) is 0 Å². The van der Waals surface area contributed by atoms with Crippen molar-refractivity contribution in [1.29, 1.82) is 0 Å². The van der Waals surface area contributed by atoms with Gasteiger partial charge in [0.05, 0.1) is 6.33 Å². The smallest absolute Gasteiger partial charge is 0.339 e. The summed E-state index contributed by atoms with van der Waals surface area (Å²) in [6.07, 6.45) is 1.30. The van der Waals surface area contributed by atoms with Crippen molar-refractivity contribution < 1.29 is 0 Å². The first-order valence-corrected chi connectivity index (χ1v) is 3.39. The van der Waals surface area contributed by atoms with Gasteiger partial charge in [0.1, 0.15) is 0 Å². The van der Waals surface area contributed by atoms with Crippen molar-refractivity contribution in [1.82, 2.24) is 19.6 Å². The van der Waals surface area contributed by atoms with Crippen LogP contribution in [0.3, 0.4) is 0 Å². The maximum Gasteiger partial charge on any atom is 0.350 e. The molecule has 2 rings (SSSR count). The Labute approximate surface area is 70.3 Å². The summed E-state index contributed by atoms with van der Waals surface area (Å²) >= 11 is 0. The topological polar surface area (TPSA) is 122 Å². The van der Waals surface area contributed by atoms with E-state index < -0.39 is 11.2 Å². The van der Waals surface area contributed by atoms with Crippen molar-refractivity contribution in [3.63, 3.8) is 0 Å². The van der Waals surface area contributed by atoms with E-state index in [2.05, 4.69) is 20.5 Å². The van der Waals surface area contributed by atoms with Crippen LogP contribution < -0.4 is 22.6 Å². The van der Waals surface area contributed by atoms with Crippen molar-refractivity contribution >= 4 is 11.2 Å². The molecule has 13 heavy (non-hydrogen) atoms. The molecule has 0 aliphatic heterocycles. The van der Waals surface area contributed by atoms with Crippen LogP contribution in [-0.4, -0.2) is 19.6 Å². The van der Waals surface area contributed by atoms with Crippen LogP contribution in [0.2, 0.25) is 0 Å². The fraction of sp³-hybridized carbons (Fsp3) is 0. The van der Waals surface area contributed by atoms with Gasteiger partial charge in [0, 0.05) is 0 Å². The molecular formula is C5H6N6O2. The standard InChI is InChI=1S/C5H6N6O2/c6-10-11-3-2(7-1-8-3)4(12)9-5(11)13/h1,10H,6H2,(H,7,8)(H,9,12,13). The van der Waals surface area contributed by atoms with Crippen LogP contribution >= 0.6 is 0 Å². The lowest BCUT2D eigenvalue weighted by Gasteiger charge is -2.01. The maximum absolute atomic E-state index is 11.1. The number of fused-ring (bicyclic) bond motifs is 1. The third-order valence-corrected chi connectivity index (χ3v) is 1.61. The molecule has 2 aromatic heterocycles. The fourth-order valence-electron chi connectivity index (χ4n) is 1.06. The van der Waals surface area contributed by atoms with Crippen LogP contribution in [0, 0.1) is 0 Å². The van der Waals surface area contributed by atoms with Crippen LogP contribution in [0.4, 0.5) is 0 Å². The first-order valence-electron chi connectivity index (χ1n) is 3.39. The quantitative estimate of drug-likeness (QED) is 0.295. The van der Waals surface area contributed by atoms with Crippen molar-refractivity contribution in [3.05, 3.63) is 27.2 Å². The van der Waals surface area contributed by atoms with Gasteiger partial charge in [-0.2, -0.15) is 4.68 Å². The molecule has 0 saturated carbocycles. The van der Waals surface area contributed by atoms with E-state index in [9.17, 15) is 9.59 Å². The normalized spacial score (nSPS) is 10.5. The number of hydrogen-bond donors (Lipinski definition) is 4. The number of rotatable bonds is 1. The van der Waals surface area contributed by atoms with Crippen molar-refractivity contribution in [2.75, 3.05) is 5.53 Å². The maximum atomic E-state index is 11.1. The monoisotopic (exact) mass is 182 g/mol. The number of nitrogen functional groups attached to an aromatic ring is 1. The largest absolute Gasteiger partial charge is 0.350 e. The number of aromatic amines is 2. The fourth-order valence-corrected chi connectivity index (χ4v) is 1.06. The highest BCUT2D eigenvalue weighted by Gasteiger charge is 2.07. The van der Waals surface area contributed by atoms with Crippen LogP contribution in [0.25, 0.3) is 11.2 Å². The van der Waals surface area contributed by atoms with E-state index in [1.165, 1.54) is 6.33 Å². The Morgan fingerprint density at radius 1 is 1.54 bits per heavy atom. The minimum absolute atomic E-state index is 0.163. The molecule has 8 heteroatoms. The molecule has 0 aliphatic carbocycles. The van der Waals surface area contributed by atoms with E-state index >= 15 is 0 Å². The van der Waals surface area contributed by atoms with Gasteiger partial charge < -0.3 is 4.98 Å². The Hall–Kier alpha value is -2.09. The lowest BCUT2D eigenvalue weighted by Crippen LogP contribution is -2.38. The number of aromatic nitrogens is 4. The van der Waals surface area contributed by atoms with E-state index in [1.807, 2.05) is 0 Å². The molecule has 0 spiro atoms. The van der Waals surface area contributed by atoms with E-state index in [0.29, 0.717) is 0 Å². The van der Waals surface area contributed by atoms with Crippen LogP contribution in [-0.2, 0) is 0 Å². The zero-order valence-corrected chi connectivity index (χ0v) is 6.37. The second-order valence-electron chi connectivity index (χ2n) is 2.32. The summed E-state index contributed by atoms with van der Waals surface area (Å²) < 4.78 is 0.924. The molecular weight excluding hydrogens is 176 g/mol. The van der Waals surface area contributed by atoms with E-state index in [0.717, 1.165) is 4.68 Å². The SMILES string of the molecule is NNn1c(=O)[nH]c(=O)c2[nH]cnc21. The number of nitrogens with zero attached hydrogens (tertiary/aromatic N) is 2. The third-order valence-electron chi connectivity index (χ3n) is 1.61. The summed E-state index contributed by atoms with van der Waals surface area (Å²) in [6.45, 7) is 0. The molecule has 0 aliphatic rings. The second kappa shape index (κ2) is 2.45. The molecule has 8 nitrogen and oxygen atoms in total. The molecule has 0 fully saturated rings. The Kier molecular flexibility index (Phi) is 1.43. The number of nitrogens with two attached hydrogens (primary N) is 1. The van der Waals surface area contributed by atoms with Gasteiger partial charge in [0.2, 0.25) is 0 Å². The highest BCUT2D eigenvalue weighted by molar-refractivity contribution is 5.68. The number of imidazole rings is 1. The average Bonchev–Trinajstić information content (AvgIpc) is 2.53. The van der Waals surface area contributed by atoms with Crippen LogP contribution in [0.5, 0.6) is 0 Å². The van der Waals surface area contributed by atoms with Gasteiger partial charge in [-0.05, 0) is 0 Å². The number of H-pyrrole nitrogens is 2. The molecule has 0 bridgehead atoms. The predicted octanol–water partition coefficient (Wildman–Crippen LogP) is -2.17. The molecule has 0 saturated heterocycles. The van der Waals surface area contributed by atoms with Gasteiger partial charge in [-0.15, -0.1) is 0 Å². The van der Waals surface area contributed by atoms with Crippen molar-refractivity contribution in [2.24, 2.45) is 5.84 Å². The molecule has 0 aromatic carbocycles. The lowest BCUT2D eigenvalue weighted by molar-refractivity contribution is 0.813. The molecule has 0 radical (unpaired) electrons. The average molecular weight is 182 g/mol. The van der Waals surface area contributed by atoms with Gasteiger partial charge >= 0.3 is 5.69 Å². The van der Waals surface area contributed by atoms with Gasteiger partial charge in [0.15, 0.2) is 11.2 Å². The Morgan fingerprint density at radius 3 is 3.00 bits per heavy atom. The predicted molar refractivity (Wildman–Crippen MR) is 44.5 cm³/mol. The number of hydrogen-bond acceptors (Lipinski definition) is 5. The third kappa shape index (κ3) is 0.924. The molecule has 0 atom stereocenters. The summed E-state index contributed by atoms with van der Waals surface area (Å²) in [7, 11) is 0. The van der Waals surface area contributed by atoms with Crippen molar-refractivity contribution in [2.45, 2.75) is 0 Å². The minimum Gasteiger partial charge on any atom is -0.339 e.